The number of hydrogen-bond donors (Lipinski definition) is 1. The zero-order valence-electron chi connectivity index (χ0n) is 9.45. The summed E-state index contributed by atoms with van der Waals surface area (Å²) < 4.78 is 0. The number of carbonyl (C=O) groups is 1. The van der Waals surface area contributed by atoms with Crippen molar-refractivity contribution in [3.63, 3.8) is 0 Å². The summed E-state index contributed by atoms with van der Waals surface area (Å²) in [5, 5.41) is 5.81. The maximum Gasteiger partial charge on any atom is 0.180 e. The lowest BCUT2D eigenvalue weighted by atomic mass is 10.2. The van der Waals surface area contributed by atoms with Gasteiger partial charge in [0, 0.05) is 5.38 Å². The van der Waals surface area contributed by atoms with Crippen LogP contribution >= 0.6 is 11.3 Å². The molecule has 0 bridgehead atoms. The maximum absolute atomic E-state index is 10.9. The second-order valence-corrected chi connectivity index (χ2v) is 4.31. The van der Waals surface area contributed by atoms with E-state index in [1.807, 2.05) is 30.3 Å². The molecule has 0 fully saturated rings. The average molecular weight is 261 g/mol. The summed E-state index contributed by atoms with van der Waals surface area (Å²) in [7, 11) is 0. The molecule has 0 atom stereocenters. The minimum absolute atomic E-state index is 0.138. The van der Waals surface area contributed by atoms with Crippen LogP contribution in [0.4, 0.5) is 5.13 Å². The number of anilines is 1. The quantitative estimate of drug-likeness (QED) is 0.506. The smallest absolute Gasteiger partial charge is 0.180 e. The number of carbonyl (C=O) groups excluding carboxylic acids is 1. The molecule has 0 radical (unpaired) electrons. The first-order valence-corrected chi connectivity index (χ1v) is 6.08. The van der Waals surface area contributed by atoms with Gasteiger partial charge < -0.3 is 10.6 Å². The molecule has 1 aromatic carbocycles. The van der Waals surface area contributed by atoms with Crippen LogP contribution < -0.4 is 5.73 Å². The van der Waals surface area contributed by atoms with E-state index in [9.17, 15) is 4.79 Å². The largest absolute Gasteiger partial charge is 0.390 e. The molecule has 0 saturated heterocycles. The van der Waals surface area contributed by atoms with Gasteiger partial charge in [-0.1, -0.05) is 35.5 Å². The first kappa shape index (κ1) is 12.3. The van der Waals surface area contributed by atoms with Crippen molar-refractivity contribution in [3.8, 4) is 0 Å². The van der Waals surface area contributed by atoms with E-state index in [4.69, 9.17) is 10.6 Å². The van der Waals surface area contributed by atoms with E-state index in [-0.39, 0.29) is 5.71 Å². The molecule has 0 aliphatic rings. The Labute approximate surface area is 108 Å². The minimum atomic E-state index is 0.138. The molecule has 0 spiro atoms. The lowest BCUT2D eigenvalue weighted by molar-refractivity contribution is -0.102. The van der Waals surface area contributed by atoms with Crippen molar-refractivity contribution in [2.45, 2.75) is 6.61 Å². The molecule has 0 amide bonds. The number of aldehydes is 1. The van der Waals surface area contributed by atoms with Gasteiger partial charge in [0.2, 0.25) is 0 Å². The second kappa shape index (κ2) is 5.92. The normalized spacial score (nSPS) is 11.2. The van der Waals surface area contributed by atoms with E-state index < -0.39 is 0 Å². The molecular weight excluding hydrogens is 250 g/mol. The number of nitrogens with two attached hydrogens (primary N) is 1. The first-order chi connectivity index (χ1) is 8.79. The van der Waals surface area contributed by atoms with Gasteiger partial charge in [-0.3, -0.25) is 4.79 Å². The molecule has 2 rings (SSSR count). The molecule has 5 nitrogen and oxygen atoms in total. The third kappa shape index (κ3) is 3.14. The Balaban J connectivity index is 2.01. The number of benzene rings is 1. The zero-order valence-corrected chi connectivity index (χ0v) is 10.3. The maximum atomic E-state index is 10.9. The molecule has 1 heterocycles. The summed E-state index contributed by atoms with van der Waals surface area (Å²) in [5.74, 6) is 0. The highest BCUT2D eigenvalue weighted by molar-refractivity contribution is 7.13. The standard InChI is InChI=1S/C12H11N3O2S/c13-12-14-11(8-18-12)10(6-16)15-17-7-9-4-2-1-3-5-9/h1-6,8H,7H2,(H2,13,14)/b15-10-. The first-order valence-electron chi connectivity index (χ1n) is 5.20. The van der Waals surface area contributed by atoms with E-state index in [2.05, 4.69) is 10.1 Å². The molecular formula is C12H11N3O2S. The lowest BCUT2D eigenvalue weighted by Crippen LogP contribution is -2.04. The summed E-state index contributed by atoms with van der Waals surface area (Å²) in [6.07, 6.45) is 0.597. The number of nitrogens with zero attached hydrogens (tertiary/aromatic N) is 2. The van der Waals surface area contributed by atoms with Crippen LogP contribution in [0.2, 0.25) is 0 Å². The van der Waals surface area contributed by atoms with Gasteiger partial charge in [0.1, 0.15) is 12.3 Å². The van der Waals surface area contributed by atoms with Gasteiger partial charge in [-0.05, 0) is 5.56 Å². The number of aromatic nitrogens is 1. The predicted molar refractivity (Wildman–Crippen MR) is 70.4 cm³/mol. The van der Waals surface area contributed by atoms with Crippen LogP contribution in [0.1, 0.15) is 11.3 Å². The number of hydrogen-bond acceptors (Lipinski definition) is 6. The number of thiazole rings is 1. The highest BCUT2D eigenvalue weighted by atomic mass is 32.1. The molecule has 0 aliphatic heterocycles. The van der Waals surface area contributed by atoms with E-state index in [0.29, 0.717) is 23.7 Å². The summed E-state index contributed by atoms with van der Waals surface area (Å²) >= 11 is 1.25. The molecule has 0 aliphatic carbocycles. The molecule has 18 heavy (non-hydrogen) atoms. The Bertz CT molecular complexity index is 551. The van der Waals surface area contributed by atoms with Gasteiger partial charge in [-0.25, -0.2) is 4.98 Å². The Morgan fingerprint density at radius 1 is 1.44 bits per heavy atom. The Morgan fingerprint density at radius 2 is 2.22 bits per heavy atom. The zero-order chi connectivity index (χ0) is 12.8. The number of oxime groups is 1. The third-order valence-electron chi connectivity index (χ3n) is 2.13. The second-order valence-electron chi connectivity index (χ2n) is 3.42. The van der Waals surface area contributed by atoms with Gasteiger partial charge in [0.15, 0.2) is 17.1 Å². The van der Waals surface area contributed by atoms with Crippen LogP contribution in [0, 0.1) is 0 Å². The van der Waals surface area contributed by atoms with Crippen LogP contribution in [0.5, 0.6) is 0 Å². The van der Waals surface area contributed by atoms with Crippen molar-refractivity contribution < 1.29 is 9.63 Å². The number of rotatable bonds is 5. The molecule has 2 aromatic rings. The predicted octanol–water partition coefficient (Wildman–Crippen LogP) is 1.85. The van der Waals surface area contributed by atoms with Crippen molar-refractivity contribution in [2.24, 2.45) is 5.16 Å². The molecule has 2 N–H and O–H groups in total. The van der Waals surface area contributed by atoms with Crippen molar-refractivity contribution in [2.75, 3.05) is 5.73 Å². The van der Waals surface area contributed by atoms with Gasteiger partial charge in [0.05, 0.1) is 0 Å². The molecule has 6 heteroatoms. The summed E-state index contributed by atoms with van der Waals surface area (Å²) in [6, 6.07) is 9.56. The SMILES string of the molecule is Nc1nc(/C(C=O)=N\OCc2ccccc2)cs1. The highest BCUT2D eigenvalue weighted by Gasteiger charge is 2.07. The molecule has 0 unspecified atom stereocenters. The van der Waals surface area contributed by atoms with Crippen LogP contribution in [-0.2, 0) is 16.2 Å². The van der Waals surface area contributed by atoms with Gasteiger partial charge >= 0.3 is 0 Å². The van der Waals surface area contributed by atoms with Crippen molar-refractivity contribution in [3.05, 3.63) is 47.0 Å². The molecule has 92 valence electrons. The molecule has 1 aromatic heterocycles. The van der Waals surface area contributed by atoms with E-state index in [1.165, 1.54) is 11.3 Å². The fourth-order valence-electron chi connectivity index (χ4n) is 1.28. The number of nitrogen functional groups attached to an aromatic ring is 1. The van der Waals surface area contributed by atoms with Crippen LogP contribution in [0.25, 0.3) is 0 Å². The average Bonchev–Trinajstić information content (AvgIpc) is 2.82. The van der Waals surface area contributed by atoms with E-state index in [0.717, 1.165) is 5.56 Å². The fourth-order valence-corrected chi connectivity index (χ4v) is 1.84. The van der Waals surface area contributed by atoms with Crippen molar-refractivity contribution in [1.82, 2.24) is 4.98 Å². The Morgan fingerprint density at radius 3 is 2.83 bits per heavy atom. The molecule has 0 saturated carbocycles. The highest BCUT2D eigenvalue weighted by Crippen LogP contribution is 2.11. The van der Waals surface area contributed by atoms with Gasteiger partial charge in [0.25, 0.3) is 0 Å². The van der Waals surface area contributed by atoms with Crippen LogP contribution in [-0.4, -0.2) is 17.0 Å². The summed E-state index contributed by atoms with van der Waals surface area (Å²) in [5.41, 5.74) is 7.03. The third-order valence-corrected chi connectivity index (χ3v) is 2.81. The minimum Gasteiger partial charge on any atom is -0.390 e. The Hall–Kier alpha value is -2.21. The van der Waals surface area contributed by atoms with Crippen LogP contribution in [0.3, 0.4) is 0 Å². The summed E-state index contributed by atoms with van der Waals surface area (Å²) in [6.45, 7) is 0.303. The fraction of sp³-hybridized carbons (Fsp3) is 0.0833. The monoisotopic (exact) mass is 261 g/mol. The van der Waals surface area contributed by atoms with Crippen LogP contribution in [0.15, 0.2) is 40.9 Å². The van der Waals surface area contributed by atoms with Crippen molar-refractivity contribution >= 4 is 28.5 Å². The van der Waals surface area contributed by atoms with E-state index >= 15 is 0 Å². The van der Waals surface area contributed by atoms with Gasteiger partial charge in [-0.2, -0.15) is 0 Å². The topological polar surface area (TPSA) is 77.6 Å². The van der Waals surface area contributed by atoms with E-state index in [1.54, 1.807) is 5.38 Å². The van der Waals surface area contributed by atoms with Gasteiger partial charge in [-0.15, -0.1) is 11.3 Å². The Kier molecular flexibility index (Phi) is 4.03. The van der Waals surface area contributed by atoms with Crippen molar-refractivity contribution in [1.29, 1.82) is 0 Å². The summed E-state index contributed by atoms with van der Waals surface area (Å²) in [4.78, 5) is 19.9. The lowest BCUT2D eigenvalue weighted by Gasteiger charge is -1.99.